The highest BCUT2D eigenvalue weighted by molar-refractivity contribution is 5.70. The average Bonchev–Trinajstić information content (AvgIpc) is 2.79. The standard InChI is InChI=1S/C18H28N2/c1-18(2)11-10-15(14-18)19-16-8-4-5-9-17(16)20-12-6-3-7-13-20/h4-5,8-9,15,19H,3,6-7,10-14H2,1-2H3. The van der Waals surface area contributed by atoms with Crippen molar-refractivity contribution >= 4 is 11.4 Å². The van der Waals surface area contributed by atoms with Crippen LogP contribution in [0.3, 0.4) is 0 Å². The molecule has 110 valence electrons. The van der Waals surface area contributed by atoms with E-state index in [2.05, 4.69) is 48.3 Å². The van der Waals surface area contributed by atoms with E-state index in [-0.39, 0.29) is 0 Å². The van der Waals surface area contributed by atoms with Gasteiger partial charge >= 0.3 is 0 Å². The molecule has 20 heavy (non-hydrogen) atoms. The summed E-state index contributed by atoms with van der Waals surface area (Å²) in [4.78, 5) is 2.56. The first-order chi connectivity index (χ1) is 9.64. The molecule has 0 radical (unpaired) electrons. The summed E-state index contributed by atoms with van der Waals surface area (Å²) < 4.78 is 0. The van der Waals surface area contributed by atoms with Crippen molar-refractivity contribution in [1.29, 1.82) is 0 Å². The van der Waals surface area contributed by atoms with Crippen LogP contribution in [-0.4, -0.2) is 19.1 Å². The molecule has 1 N–H and O–H groups in total. The number of piperidine rings is 1. The van der Waals surface area contributed by atoms with E-state index in [1.165, 1.54) is 63.0 Å². The van der Waals surface area contributed by atoms with Crippen molar-refractivity contribution in [2.45, 2.75) is 58.4 Å². The van der Waals surface area contributed by atoms with Crippen molar-refractivity contribution in [1.82, 2.24) is 0 Å². The van der Waals surface area contributed by atoms with Crippen LogP contribution in [-0.2, 0) is 0 Å². The lowest BCUT2D eigenvalue weighted by molar-refractivity contribution is 0.378. The summed E-state index contributed by atoms with van der Waals surface area (Å²) in [7, 11) is 0. The van der Waals surface area contributed by atoms with E-state index in [0.717, 1.165) is 0 Å². The second-order valence-corrected chi connectivity index (χ2v) is 7.31. The number of para-hydroxylation sites is 2. The Morgan fingerprint density at radius 3 is 2.55 bits per heavy atom. The summed E-state index contributed by atoms with van der Waals surface area (Å²) in [6.45, 7) is 7.22. The van der Waals surface area contributed by atoms with Crippen LogP contribution in [0.4, 0.5) is 11.4 Å². The lowest BCUT2D eigenvalue weighted by atomic mass is 9.92. The van der Waals surface area contributed by atoms with Gasteiger partial charge in [0.05, 0.1) is 11.4 Å². The van der Waals surface area contributed by atoms with Gasteiger partial charge in [0, 0.05) is 19.1 Å². The van der Waals surface area contributed by atoms with Crippen molar-refractivity contribution in [3.63, 3.8) is 0 Å². The second-order valence-electron chi connectivity index (χ2n) is 7.31. The number of hydrogen-bond donors (Lipinski definition) is 1. The summed E-state index contributed by atoms with van der Waals surface area (Å²) in [5, 5.41) is 3.82. The number of benzene rings is 1. The predicted molar refractivity (Wildman–Crippen MR) is 87.5 cm³/mol. The fourth-order valence-electron chi connectivity index (χ4n) is 3.79. The fraction of sp³-hybridized carbons (Fsp3) is 0.667. The van der Waals surface area contributed by atoms with Crippen molar-refractivity contribution in [2.75, 3.05) is 23.3 Å². The molecule has 1 saturated carbocycles. The van der Waals surface area contributed by atoms with Gasteiger partial charge in [-0.2, -0.15) is 0 Å². The number of nitrogens with one attached hydrogen (secondary N) is 1. The van der Waals surface area contributed by atoms with Gasteiger partial charge in [-0.05, 0) is 56.1 Å². The Morgan fingerprint density at radius 2 is 1.85 bits per heavy atom. The van der Waals surface area contributed by atoms with Gasteiger partial charge in [-0.15, -0.1) is 0 Å². The third-order valence-electron chi connectivity index (χ3n) is 4.93. The van der Waals surface area contributed by atoms with Crippen molar-refractivity contribution in [3.05, 3.63) is 24.3 Å². The van der Waals surface area contributed by atoms with Gasteiger partial charge in [-0.25, -0.2) is 0 Å². The van der Waals surface area contributed by atoms with E-state index in [4.69, 9.17) is 0 Å². The first-order valence-corrected chi connectivity index (χ1v) is 8.25. The predicted octanol–water partition coefficient (Wildman–Crippen LogP) is 4.67. The summed E-state index contributed by atoms with van der Waals surface area (Å²) in [6.07, 6.45) is 8.01. The SMILES string of the molecule is CC1(C)CCC(Nc2ccccc2N2CCCCC2)C1. The molecule has 1 aromatic carbocycles. The summed E-state index contributed by atoms with van der Waals surface area (Å²) >= 11 is 0. The molecule has 2 heteroatoms. The third kappa shape index (κ3) is 3.11. The van der Waals surface area contributed by atoms with E-state index >= 15 is 0 Å². The Bertz CT molecular complexity index is 446. The summed E-state index contributed by atoms with van der Waals surface area (Å²) in [5.74, 6) is 0. The second kappa shape index (κ2) is 5.67. The molecule has 2 fully saturated rings. The minimum atomic E-state index is 0.512. The zero-order chi connectivity index (χ0) is 14.0. The van der Waals surface area contributed by atoms with E-state index < -0.39 is 0 Å². The van der Waals surface area contributed by atoms with Gasteiger partial charge in [0.2, 0.25) is 0 Å². The molecule has 1 unspecified atom stereocenters. The average molecular weight is 272 g/mol. The molecule has 0 aromatic heterocycles. The number of anilines is 2. The van der Waals surface area contributed by atoms with Crippen LogP contribution in [0.1, 0.15) is 52.4 Å². The van der Waals surface area contributed by atoms with E-state index in [1.54, 1.807) is 0 Å². The molecule has 3 rings (SSSR count). The lowest BCUT2D eigenvalue weighted by Crippen LogP contribution is -2.30. The van der Waals surface area contributed by atoms with Gasteiger partial charge in [0.25, 0.3) is 0 Å². The third-order valence-corrected chi connectivity index (χ3v) is 4.93. The highest BCUT2D eigenvalue weighted by Gasteiger charge is 2.31. The molecule has 1 aliphatic heterocycles. The lowest BCUT2D eigenvalue weighted by Gasteiger charge is -2.31. The Morgan fingerprint density at radius 1 is 1.10 bits per heavy atom. The Hall–Kier alpha value is -1.18. The van der Waals surface area contributed by atoms with Gasteiger partial charge in [-0.1, -0.05) is 26.0 Å². The van der Waals surface area contributed by atoms with Crippen molar-refractivity contribution < 1.29 is 0 Å². The molecule has 0 amide bonds. The normalized spacial score (nSPS) is 25.7. The number of hydrogen-bond acceptors (Lipinski definition) is 2. The Labute approximate surface area is 123 Å². The molecule has 0 bridgehead atoms. The van der Waals surface area contributed by atoms with E-state index in [9.17, 15) is 0 Å². The Kier molecular flexibility index (Phi) is 3.91. The van der Waals surface area contributed by atoms with Crippen LogP contribution in [0.25, 0.3) is 0 Å². The molecule has 1 atom stereocenters. The van der Waals surface area contributed by atoms with Crippen LogP contribution < -0.4 is 10.2 Å². The van der Waals surface area contributed by atoms with E-state index in [0.29, 0.717) is 11.5 Å². The maximum absolute atomic E-state index is 3.82. The highest BCUT2D eigenvalue weighted by atomic mass is 15.2. The van der Waals surface area contributed by atoms with Crippen LogP contribution in [0, 0.1) is 5.41 Å². The molecule has 1 aliphatic carbocycles. The molecule has 0 spiro atoms. The van der Waals surface area contributed by atoms with Crippen LogP contribution in [0.15, 0.2) is 24.3 Å². The maximum atomic E-state index is 3.82. The fourth-order valence-corrected chi connectivity index (χ4v) is 3.79. The van der Waals surface area contributed by atoms with Crippen LogP contribution in [0.2, 0.25) is 0 Å². The molecule has 2 nitrogen and oxygen atoms in total. The molecule has 1 aromatic rings. The molecular weight excluding hydrogens is 244 g/mol. The van der Waals surface area contributed by atoms with Crippen LogP contribution in [0.5, 0.6) is 0 Å². The highest BCUT2D eigenvalue weighted by Crippen LogP contribution is 2.39. The number of nitrogens with zero attached hydrogens (tertiary/aromatic N) is 1. The number of rotatable bonds is 3. The molecule has 2 aliphatic rings. The largest absolute Gasteiger partial charge is 0.381 e. The van der Waals surface area contributed by atoms with Crippen molar-refractivity contribution in [2.24, 2.45) is 5.41 Å². The minimum absolute atomic E-state index is 0.512. The Balaban J connectivity index is 1.73. The first-order valence-electron chi connectivity index (χ1n) is 8.25. The van der Waals surface area contributed by atoms with Gasteiger partial charge in [0.1, 0.15) is 0 Å². The zero-order valence-corrected chi connectivity index (χ0v) is 13.0. The smallest absolute Gasteiger partial charge is 0.0602 e. The van der Waals surface area contributed by atoms with Crippen LogP contribution >= 0.6 is 0 Å². The molecular formula is C18H28N2. The maximum Gasteiger partial charge on any atom is 0.0602 e. The van der Waals surface area contributed by atoms with Crippen molar-refractivity contribution in [3.8, 4) is 0 Å². The van der Waals surface area contributed by atoms with Gasteiger partial charge in [-0.3, -0.25) is 0 Å². The topological polar surface area (TPSA) is 15.3 Å². The van der Waals surface area contributed by atoms with Gasteiger partial charge < -0.3 is 10.2 Å². The monoisotopic (exact) mass is 272 g/mol. The zero-order valence-electron chi connectivity index (χ0n) is 13.0. The van der Waals surface area contributed by atoms with Gasteiger partial charge in [0.15, 0.2) is 0 Å². The summed E-state index contributed by atoms with van der Waals surface area (Å²) in [6, 6.07) is 9.53. The van der Waals surface area contributed by atoms with E-state index in [1.807, 2.05) is 0 Å². The molecule has 1 saturated heterocycles. The summed E-state index contributed by atoms with van der Waals surface area (Å²) in [5.41, 5.74) is 3.27. The minimum Gasteiger partial charge on any atom is -0.381 e. The molecule has 1 heterocycles. The first kappa shape index (κ1) is 13.8. The quantitative estimate of drug-likeness (QED) is 0.860.